The average molecular weight is 487 g/mol. The highest BCUT2D eigenvalue weighted by Gasteiger charge is 2.35. The molecule has 1 aliphatic rings. The predicted molar refractivity (Wildman–Crippen MR) is 132 cm³/mol. The number of benzene rings is 3. The largest absolute Gasteiger partial charge is 0.496 e. The van der Waals surface area contributed by atoms with E-state index in [2.05, 4.69) is 5.32 Å². The van der Waals surface area contributed by atoms with E-state index >= 15 is 0 Å². The highest BCUT2D eigenvalue weighted by atomic mass is 16.5. The molecule has 1 N–H and O–H groups in total. The van der Waals surface area contributed by atoms with Crippen molar-refractivity contribution in [3.05, 3.63) is 101 Å². The second kappa shape index (κ2) is 10.9. The lowest BCUT2D eigenvalue weighted by atomic mass is 10.0. The van der Waals surface area contributed by atoms with E-state index < -0.39 is 17.9 Å². The average Bonchev–Trinajstić information content (AvgIpc) is 3.14. The van der Waals surface area contributed by atoms with E-state index in [4.69, 9.17) is 9.47 Å². The smallest absolute Gasteiger partial charge is 0.328 e. The summed E-state index contributed by atoms with van der Waals surface area (Å²) >= 11 is 0. The Balaban J connectivity index is 1.56. The summed E-state index contributed by atoms with van der Waals surface area (Å²) in [6.45, 7) is 1.87. The Morgan fingerprint density at radius 2 is 1.53 bits per heavy atom. The van der Waals surface area contributed by atoms with Crippen LogP contribution in [0.25, 0.3) is 0 Å². The molecule has 0 aliphatic carbocycles. The van der Waals surface area contributed by atoms with Gasteiger partial charge in [-0.2, -0.15) is 0 Å². The number of carbonyl (C=O) groups is 4. The Morgan fingerprint density at radius 1 is 0.889 bits per heavy atom. The van der Waals surface area contributed by atoms with Gasteiger partial charge in [0, 0.05) is 6.42 Å². The molecule has 0 saturated heterocycles. The predicted octanol–water partition coefficient (Wildman–Crippen LogP) is 3.40. The zero-order chi connectivity index (χ0) is 25.7. The normalized spacial score (nSPS) is 13.2. The quantitative estimate of drug-likeness (QED) is 0.368. The first-order chi connectivity index (χ1) is 17.4. The molecular formula is C28H26N2O6. The van der Waals surface area contributed by atoms with Crippen LogP contribution in [-0.4, -0.2) is 48.3 Å². The summed E-state index contributed by atoms with van der Waals surface area (Å²) in [6, 6.07) is 19.9. The van der Waals surface area contributed by atoms with Gasteiger partial charge in [0.25, 0.3) is 17.7 Å². The van der Waals surface area contributed by atoms with Gasteiger partial charge < -0.3 is 14.8 Å². The van der Waals surface area contributed by atoms with Crippen LogP contribution in [0.15, 0.2) is 72.8 Å². The van der Waals surface area contributed by atoms with Crippen LogP contribution >= 0.6 is 0 Å². The monoisotopic (exact) mass is 486 g/mol. The van der Waals surface area contributed by atoms with E-state index in [1.54, 1.807) is 49.4 Å². The van der Waals surface area contributed by atoms with Crippen molar-refractivity contribution in [3.63, 3.8) is 0 Å². The standard InChI is InChI=1S/C28H26N2O6/c1-3-36-28(34)23(16-18-9-5-4-6-10-18)29-25(31)22-15-19(13-14-24(22)35-2)17-30-26(32)20-11-7-8-12-21(20)27(30)33/h4-15,23H,3,16-17H2,1-2H3,(H,29,31). The van der Waals surface area contributed by atoms with Crippen LogP contribution in [0.1, 0.15) is 49.1 Å². The number of hydrogen-bond donors (Lipinski definition) is 1. The summed E-state index contributed by atoms with van der Waals surface area (Å²) in [7, 11) is 1.43. The highest BCUT2D eigenvalue weighted by Crippen LogP contribution is 2.26. The van der Waals surface area contributed by atoms with E-state index in [-0.39, 0.29) is 37.0 Å². The van der Waals surface area contributed by atoms with Gasteiger partial charge in [-0.1, -0.05) is 48.5 Å². The molecule has 1 atom stereocenters. The fourth-order valence-electron chi connectivity index (χ4n) is 4.12. The minimum atomic E-state index is -0.913. The number of hydrogen-bond acceptors (Lipinski definition) is 6. The summed E-state index contributed by atoms with van der Waals surface area (Å²) in [5.41, 5.74) is 2.31. The van der Waals surface area contributed by atoms with Crippen LogP contribution in [0.2, 0.25) is 0 Å². The molecule has 8 heteroatoms. The van der Waals surface area contributed by atoms with Crippen LogP contribution in [0.4, 0.5) is 0 Å². The Labute approximate surface area is 208 Å². The van der Waals surface area contributed by atoms with E-state index in [0.717, 1.165) is 10.5 Å². The fourth-order valence-corrected chi connectivity index (χ4v) is 4.12. The second-order valence-corrected chi connectivity index (χ2v) is 8.24. The molecule has 0 fully saturated rings. The van der Waals surface area contributed by atoms with Gasteiger partial charge >= 0.3 is 5.97 Å². The number of nitrogens with one attached hydrogen (secondary N) is 1. The number of fused-ring (bicyclic) bond motifs is 1. The molecule has 3 aromatic carbocycles. The van der Waals surface area contributed by atoms with Gasteiger partial charge in [0.15, 0.2) is 0 Å². The zero-order valence-electron chi connectivity index (χ0n) is 20.0. The third-order valence-corrected chi connectivity index (χ3v) is 5.89. The second-order valence-electron chi connectivity index (χ2n) is 8.24. The third kappa shape index (κ3) is 5.12. The maximum Gasteiger partial charge on any atom is 0.328 e. The minimum Gasteiger partial charge on any atom is -0.496 e. The fraction of sp³-hybridized carbons (Fsp3) is 0.214. The number of carbonyl (C=O) groups excluding carboxylic acids is 4. The molecule has 36 heavy (non-hydrogen) atoms. The Morgan fingerprint density at radius 3 is 2.14 bits per heavy atom. The Bertz CT molecular complexity index is 1270. The summed E-state index contributed by atoms with van der Waals surface area (Å²) in [6.07, 6.45) is 0.252. The molecule has 0 spiro atoms. The van der Waals surface area contributed by atoms with E-state index in [1.165, 1.54) is 7.11 Å². The van der Waals surface area contributed by atoms with E-state index in [0.29, 0.717) is 22.4 Å². The highest BCUT2D eigenvalue weighted by molar-refractivity contribution is 6.21. The van der Waals surface area contributed by atoms with Gasteiger partial charge in [0.2, 0.25) is 0 Å². The van der Waals surface area contributed by atoms with Gasteiger partial charge in [-0.15, -0.1) is 0 Å². The minimum absolute atomic E-state index is 0.0120. The van der Waals surface area contributed by atoms with Crippen molar-refractivity contribution in [3.8, 4) is 5.75 Å². The molecule has 3 aromatic rings. The molecule has 184 valence electrons. The summed E-state index contributed by atoms with van der Waals surface area (Å²) in [4.78, 5) is 52.5. The number of amides is 3. The molecule has 0 aromatic heterocycles. The van der Waals surface area contributed by atoms with Crippen LogP contribution < -0.4 is 10.1 Å². The molecular weight excluding hydrogens is 460 g/mol. The van der Waals surface area contributed by atoms with Crippen molar-refractivity contribution in [1.82, 2.24) is 10.2 Å². The lowest BCUT2D eigenvalue weighted by Gasteiger charge is -2.19. The molecule has 0 bridgehead atoms. The maximum atomic E-state index is 13.3. The molecule has 1 heterocycles. The first-order valence-electron chi connectivity index (χ1n) is 11.6. The van der Waals surface area contributed by atoms with Crippen molar-refractivity contribution >= 4 is 23.7 Å². The topological polar surface area (TPSA) is 102 Å². The molecule has 8 nitrogen and oxygen atoms in total. The number of methoxy groups -OCH3 is 1. The van der Waals surface area contributed by atoms with E-state index in [1.807, 2.05) is 30.3 Å². The van der Waals surface area contributed by atoms with Crippen molar-refractivity contribution in [2.75, 3.05) is 13.7 Å². The number of nitrogens with zero attached hydrogens (tertiary/aromatic N) is 1. The Hall–Kier alpha value is -4.46. The van der Waals surface area contributed by atoms with Crippen LogP contribution in [0.3, 0.4) is 0 Å². The van der Waals surface area contributed by atoms with Crippen LogP contribution in [0, 0.1) is 0 Å². The van der Waals surface area contributed by atoms with Gasteiger partial charge in [0.05, 0.1) is 37.0 Å². The molecule has 1 unspecified atom stereocenters. The van der Waals surface area contributed by atoms with Gasteiger partial charge in [-0.3, -0.25) is 19.3 Å². The summed E-state index contributed by atoms with van der Waals surface area (Å²) in [5, 5.41) is 2.75. The van der Waals surface area contributed by atoms with Crippen molar-refractivity contribution < 1.29 is 28.7 Å². The Kier molecular flexibility index (Phi) is 7.44. The summed E-state index contributed by atoms with van der Waals surface area (Å²) < 4.78 is 10.5. The van der Waals surface area contributed by atoms with Gasteiger partial charge in [-0.05, 0) is 42.3 Å². The first kappa shape index (κ1) is 24.7. The van der Waals surface area contributed by atoms with E-state index in [9.17, 15) is 19.2 Å². The van der Waals surface area contributed by atoms with Crippen LogP contribution in [0.5, 0.6) is 5.75 Å². The zero-order valence-corrected chi connectivity index (χ0v) is 20.0. The van der Waals surface area contributed by atoms with Crippen molar-refractivity contribution in [2.24, 2.45) is 0 Å². The maximum absolute atomic E-state index is 13.3. The third-order valence-electron chi connectivity index (χ3n) is 5.89. The van der Waals surface area contributed by atoms with Crippen molar-refractivity contribution in [2.45, 2.75) is 25.9 Å². The molecule has 0 saturated carbocycles. The van der Waals surface area contributed by atoms with Gasteiger partial charge in [-0.25, -0.2) is 4.79 Å². The lowest BCUT2D eigenvalue weighted by Crippen LogP contribution is -2.43. The molecule has 4 rings (SSSR count). The van der Waals surface area contributed by atoms with Gasteiger partial charge in [0.1, 0.15) is 11.8 Å². The van der Waals surface area contributed by atoms with Crippen molar-refractivity contribution in [1.29, 1.82) is 0 Å². The lowest BCUT2D eigenvalue weighted by molar-refractivity contribution is -0.145. The number of imide groups is 1. The number of esters is 1. The SMILES string of the molecule is CCOC(=O)C(Cc1ccccc1)NC(=O)c1cc(CN2C(=O)c3ccccc3C2=O)ccc1OC. The molecule has 3 amide bonds. The number of rotatable bonds is 9. The summed E-state index contributed by atoms with van der Waals surface area (Å²) in [5.74, 6) is -1.56. The van der Waals surface area contributed by atoms with Crippen LogP contribution in [-0.2, 0) is 22.5 Å². The number of ether oxygens (including phenoxy) is 2. The molecule has 0 radical (unpaired) electrons. The first-order valence-corrected chi connectivity index (χ1v) is 11.6. The molecule has 1 aliphatic heterocycles.